The molecule has 1 aliphatic heterocycles. The van der Waals surface area contributed by atoms with Crippen molar-refractivity contribution in [3.63, 3.8) is 0 Å². The van der Waals surface area contributed by atoms with Gasteiger partial charge in [0.05, 0.1) is 23.8 Å². The lowest BCUT2D eigenvalue weighted by atomic mass is 10.2. The van der Waals surface area contributed by atoms with Crippen LogP contribution in [0.1, 0.15) is 23.2 Å². The van der Waals surface area contributed by atoms with Crippen LogP contribution in [0.2, 0.25) is 0 Å². The average Bonchev–Trinajstić information content (AvgIpc) is 3.21. The van der Waals surface area contributed by atoms with Crippen LogP contribution in [0, 0.1) is 0 Å². The van der Waals surface area contributed by atoms with E-state index in [1.807, 2.05) is 0 Å². The van der Waals surface area contributed by atoms with Gasteiger partial charge < -0.3 is 14.8 Å². The summed E-state index contributed by atoms with van der Waals surface area (Å²) >= 11 is 0. The van der Waals surface area contributed by atoms with Gasteiger partial charge >= 0.3 is 0 Å². The van der Waals surface area contributed by atoms with Crippen molar-refractivity contribution in [3.8, 4) is 5.75 Å². The number of carbonyl (C=O) groups is 1. The Bertz CT molecular complexity index is 891. The van der Waals surface area contributed by atoms with E-state index in [0.717, 1.165) is 12.8 Å². The third-order valence-corrected chi connectivity index (χ3v) is 5.75. The second-order valence-corrected chi connectivity index (χ2v) is 7.93. The summed E-state index contributed by atoms with van der Waals surface area (Å²) in [5.74, 6) is 0.194. The van der Waals surface area contributed by atoms with Gasteiger partial charge in [0, 0.05) is 18.7 Å². The van der Waals surface area contributed by atoms with Gasteiger partial charge in [0.2, 0.25) is 10.0 Å². The lowest BCUT2D eigenvalue weighted by molar-refractivity contribution is 0.102. The number of anilines is 1. The van der Waals surface area contributed by atoms with Crippen LogP contribution in [0.4, 0.5) is 5.69 Å². The molecule has 0 aliphatic carbocycles. The number of hydrogen-bond acceptors (Lipinski definition) is 5. The van der Waals surface area contributed by atoms with E-state index < -0.39 is 10.0 Å². The SMILES string of the molecule is COc1ccccc1NC(=O)c1ccc(S(=O)(=O)NC[C@@H]2CCCO2)cc1. The molecule has 2 N–H and O–H groups in total. The maximum absolute atomic E-state index is 12.4. The van der Waals surface area contributed by atoms with Gasteiger partial charge in [0.1, 0.15) is 5.75 Å². The molecule has 0 spiro atoms. The number of para-hydroxylation sites is 2. The molecule has 7 nitrogen and oxygen atoms in total. The maximum Gasteiger partial charge on any atom is 0.255 e. The predicted octanol–water partition coefficient (Wildman–Crippen LogP) is 2.40. The number of rotatable bonds is 7. The third-order valence-electron chi connectivity index (χ3n) is 4.31. The van der Waals surface area contributed by atoms with Crippen LogP contribution in [-0.2, 0) is 14.8 Å². The first kappa shape index (κ1) is 19.3. The molecule has 0 unspecified atom stereocenters. The van der Waals surface area contributed by atoms with Crippen LogP contribution in [0.15, 0.2) is 53.4 Å². The van der Waals surface area contributed by atoms with Crippen molar-refractivity contribution in [3.05, 3.63) is 54.1 Å². The summed E-state index contributed by atoms with van der Waals surface area (Å²) in [5.41, 5.74) is 0.888. The number of nitrogens with one attached hydrogen (secondary N) is 2. The Balaban J connectivity index is 1.66. The zero-order valence-corrected chi connectivity index (χ0v) is 15.8. The van der Waals surface area contributed by atoms with E-state index in [1.165, 1.54) is 31.4 Å². The van der Waals surface area contributed by atoms with Crippen LogP contribution in [0.5, 0.6) is 5.75 Å². The van der Waals surface area contributed by atoms with Crippen LogP contribution in [0.3, 0.4) is 0 Å². The molecule has 0 bridgehead atoms. The number of sulfonamides is 1. The van der Waals surface area contributed by atoms with Gasteiger partial charge in [-0.3, -0.25) is 4.79 Å². The summed E-state index contributed by atoms with van der Waals surface area (Å²) in [6, 6.07) is 12.8. The molecular weight excluding hydrogens is 368 g/mol. The summed E-state index contributed by atoms with van der Waals surface area (Å²) in [7, 11) is -2.12. The molecule has 1 saturated heterocycles. The molecule has 2 aromatic carbocycles. The third kappa shape index (κ3) is 4.85. The van der Waals surface area contributed by atoms with Gasteiger partial charge in [0.25, 0.3) is 5.91 Å². The van der Waals surface area contributed by atoms with Gasteiger partial charge in [-0.2, -0.15) is 0 Å². The number of ether oxygens (including phenoxy) is 2. The number of methoxy groups -OCH3 is 1. The topological polar surface area (TPSA) is 93.7 Å². The van der Waals surface area contributed by atoms with Crippen molar-refractivity contribution >= 4 is 21.6 Å². The minimum absolute atomic E-state index is 0.0781. The van der Waals surface area contributed by atoms with Crippen LogP contribution in [0.25, 0.3) is 0 Å². The maximum atomic E-state index is 12.4. The van der Waals surface area contributed by atoms with Crippen molar-refractivity contribution in [1.29, 1.82) is 0 Å². The summed E-state index contributed by atoms with van der Waals surface area (Å²) in [6.07, 6.45) is 1.72. The highest BCUT2D eigenvalue weighted by Crippen LogP contribution is 2.24. The number of carbonyl (C=O) groups excluding carboxylic acids is 1. The zero-order chi connectivity index (χ0) is 19.3. The highest BCUT2D eigenvalue weighted by molar-refractivity contribution is 7.89. The monoisotopic (exact) mass is 390 g/mol. The minimum atomic E-state index is -3.64. The highest BCUT2D eigenvalue weighted by Gasteiger charge is 2.20. The van der Waals surface area contributed by atoms with Crippen molar-refractivity contribution in [1.82, 2.24) is 4.72 Å². The van der Waals surface area contributed by atoms with E-state index >= 15 is 0 Å². The number of benzene rings is 2. The van der Waals surface area contributed by atoms with E-state index in [2.05, 4.69) is 10.0 Å². The molecule has 3 rings (SSSR count). The summed E-state index contributed by atoms with van der Waals surface area (Å²) in [6.45, 7) is 0.917. The Morgan fingerprint density at radius 1 is 1.19 bits per heavy atom. The molecular formula is C19H22N2O5S. The summed E-state index contributed by atoms with van der Waals surface area (Å²) in [4.78, 5) is 12.5. The fraction of sp³-hybridized carbons (Fsp3) is 0.316. The quantitative estimate of drug-likeness (QED) is 0.757. The predicted molar refractivity (Wildman–Crippen MR) is 102 cm³/mol. The molecule has 1 fully saturated rings. The summed E-state index contributed by atoms with van der Waals surface area (Å²) in [5, 5.41) is 2.75. The first-order valence-electron chi connectivity index (χ1n) is 8.65. The van der Waals surface area contributed by atoms with Gasteiger partial charge in [-0.05, 0) is 49.2 Å². The summed E-state index contributed by atoms with van der Waals surface area (Å²) < 4.78 is 37.9. The molecule has 27 heavy (non-hydrogen) atoms. The Kier molecular flexibility index (Phi) is 6.10. The van der Waals surface area contributed by atoms with Crippen molar-refractivity contribution in [2.75, 3.05) is 25.6 Å². The lowest BCUT2D eigenvalue weighted by Gasteiger charge is -2.12. The Morgan fingerprint density at radius 2 is 1.93 bits per heavy atom. The van der Waals surface area contributed by atoms with E-state index in [9.17, 15) is 13.2 Å². The largest absolute Gasteiger partial charge is 0.495 e. The smallest absolute Gasteiger partial charge is 0.255 e. The van der Waals surface area contributed by atoms with E-state index in [4.69, 9.17) is 9.47 Å². The molecule has 1 atom stereocenters. The molecule has 144 valence electrons. The molecule has 1 heterocycles. The number of hydrogen-bond donors (Lipinski definition) is 2. The molecule has 0 aromatic heterocycles. The fourth-order valence-corrected chi connectivity index (χ4v) is 3.89. The molecule has 2 aromatic rings. The minimum Gasteiger partial charge on any atom is -0.495 e. The second kappa shape index (κ2) is 8.51. The fourth-order valence-electron chi connectivity index (χ4n) is 2.82. The van der Waals surface area contributed by atoms with Crippen LogP contribution >= 0.6 is 0 Å². The standard InChI is InChI=1S/C19H22N2O5S/c1-25-18-7-3-2-6-17(18)21-19(22)14-8-10-16(11-9-14)27(23,24)20-13-15-5-4-12-26-15/h2-3,6-11,15,20H,4-5,12-13H2,1H3,(H,21,22)/t15-/m0/s1. The van der Waals surface area contributed by atoms with E-state index in [1.54, 1.807) is 24.3 Å². The Morgan fingerprint density at radius 3 is 2.59 bits per heavy atom. The number of amides is 1. The van der Waals surface area contributed by atoms with Crippen molar-refractivity contribution in [2.45, 2.75) is 23.8 Å². The average molecular weight is 390 g/mol. The van der Waals surface area contributed by atoms with Gasteiger partial charge in [-0.1, -0.05) is 12.1 Å². The molecule has 8 heteroatoms. The molecule has 0 radical (unpaired) electrons. The van der Waals surface area contributed by atoms with Gasteiger partial charge in [-0.15, -0.1) is 0 Å². The first-order valence-corrected chi connectivity index (χ1v) is 10.1. The molecule has 0 saturated carbocycles. The second-order valence-electron chi connectivity index (χ2n) is 6.17. The van der Waals surface area contributed by atoms with Crippen LogP contribution < -0.4 is 14.8 Å². The zero-order valence-electron chi connectivity index (χ0n) is 15.0. The molecule has 1 aliphatic rings. The van der Waals surface area contributed by atoms with Crippen molar-refractivity contribution in [2.24, 2.45) is 0 Å². The normalized spacial score (nSPS) is 16.9. The molecule has 1 amide bonds. The van der Waals surface area contributed by atoms with Gasteiger partial charge in [-0.25, -0.2) is 13.1 Å². The van der Waals surface area contributed by atoms with E-state index in [0.29, 0.717) is 23.6 Å². The Labute approximate surface area is 158 Å². The van der Waals surface area contributed by atoms with Gasteiger partial charge in [0.15, 0.2) is 0 Å². The lowest BCUT2D eigenvalue weighted by Crippen LogP contribution is -2.31. The van der Waals surface area contributed by atoms with Crippen molar-refractivity contribution < 1.29 is 22.7 Å². The Hall–Kier alpha value is -2.42. The van der Waals surface area contributed by atoms with Crippen LogP contribution in [-0.4, -0.2) is 40.7 Å². The first-order chi connectivity index (χ1) is 13.0. The highest BCUT2D eigenvalue weighted by atomic mass is 32.2. The van der Waals surface area contributed by atoms with E-state index in [-0.39, 0.29) is 23.5 Å².